The van der Waals surface area contributed by atoms with Gasteiger partial charge in [0, 0.05) is 37.0 Å². The lowest BCUT2D eigenvalue weighted by atomic mass is 9.94. The third-order valence-electron chi connectivity index (χ3n) is 7.75. The second kappa shape index (κ2) is 15.6. The van der Waals surface area contributed by atoms with E-state index in [0.717, 1.165) is 43.1 Å². The van der Waals surface area contributed by atoms with E-state index in [1.54, 1.807) is 17.0 Å². The predicted octanol–water partition coefficient (Wildman–Crippen LogP) is 6.63. The Labute approximate surface area is 265 Å². The van der Waals surface area contributed by atoms with Gasteiger partial charge in [-0.15, -0.1) is 0 Å². The van der Waals surface area contributed by atoms with Crippen molar-refractivity contribution in [3.8, 4) is 0 Å². The smallest absolute Gasteiger partial charge is 0.243 e. The minimum Gasteiger partial charge on any atom is -0.352 e. The van der Waals surface area contributed by atoms with Gasteiger partial charge in [0.1, 0.15) is 6.04 Å². The lowest BCUT2D eigenvalue weighted by molar-refractivity contribution is -0.141. The first kappa shape index (κ1) is 32.8. The molecule has 0 saturated heterocycles. The van der Waals surface area contributed by atoms with Crippen LogP contribution in [0.2, 0.25) is 10.0 Å². The molecule has 0 aliphatic heterocycles. The monoisotopic (exact) mass is 643 g/mol. The molecule has 7 nitrogen and oxygen atoms in total. The van der Waals surface area contributed by atoms with Crippen LogP contribution in [0.1, 0.15) is 56.1 Å². The maximum Gasteiger partial charge on any atom is 0.243 e. The summed E-state index contributed by atoms with van der Waals surface area (Å²) < 4.78 is 26.6. The van der Waals surface area contributed by atoms with Crippen molar-refractivity contribution in [3.05, 3.63) is 100 Å². The third kappa shape index (κ3) is 9.71. The molecule has 3 aromatic carbocycles. The number of amides is 2. The van der Waals surface area contributed by atoms with Gasteiger partial charge in [-0.25, -0.2) is 8.42 Å². The van der Waals surface area contributed by atoms with Crippen LogP contribution in [0.5, 0.6) is 0 Å². The average Bonchev–Trinajstić information content (AvgIpc) is 2.99. The normalized spacial score (nSPS) is 14.6. The topological polar surface area (TPSA) is 86.8 Å². The van der Waals surface area contributed by atoms with E-state index in [-0.39, 0.29) is 54.5 Å². The fourth-order valence-electron chi connectivity index (χ4n) is 5.54. The number of hydrogen-bond donors (Lipinski definition) is 1. The fourth-order valence-corrected chi connectivity index (χ4v) is 6.94. The number of rotatable bonds is 13. The van der Waals surface area contributed by atoms with Gasteiger partial charge in [-0.05, 0) is 48.6 Å². The molecule has 1 N–H and O–H groups in total. The number of carbonyl (C=O) groups is 2. The Morgan fingerprint density at radius 1 is 0.907 bits per heavy atom. The zero-order valence-corrected chi connectivity index (χ0v) is 26.8. The van der Waals surface area contributed by atoms with Gasteiger partial charge in [-0.2, -0.15) is 0 Å². The molecule has 1 aliphatic carbocycles. The molecule has 2 amide bonds. The lowest BCUT2D eigenvalue weighted by Gasteiger charge is -2.34. The number of sulfonamides is 1. The van der Waals surface area contributed by atoms with Crippen LogP contribution >= 0.6 is 23.2 Å². The molecule has 1 fully saturated rings. The second-order valence-corrected chi connectivity index (χ2v) is 13.8. The van der Waals surface area contributed by atoms with Gasteiger partial charge >= 0.3 is 0 Å². The lowest BCUT2D eigenvalue weighted by Crippen LogP contribution is -2.52. The molecule has 0 heterocycles. The molecule has 0 radical (unpaired) electrons. The van der Waals surface area contributed by atoms with Crippen LogP contribution in [0.25, 0.3) is 0 Å². The van der Waals surface area contributed by atoms with E-state index in [9.17, 15) is 18.0 Å². The number of benzene rings is 3. The first-order valence-electron chi connectivity index (χ1n) is 14.7. The van der Waals surface area contributed by atoms with E-state index in [2.05, 4.69) is 5.32 Å². The van der Waals surface area contributed by atoms with Crippen LogP contribution in [0.15, 0.2) is 78.9 Å². The molecule has 0 unspecified atom stereocenters. The Hall–Kier alpha value is -3.07. The zero-order chi connectivity index (χ0) is 30.8. The maximum atomic E-state index is 14.0. The van der Waals surface area contributed by atoms with Gasteiger partial charge in [0.15, 0.2) is 0 Å². The van der Waals surface area contributed by atoms with Crippen molar-refractivity contribution in [3.63, 3.8) is 0 Å². The highest BCUT2D eigenvalue weighted by Crippen LogP contribution is 2.31. The molecular weight excluding hydrogens is 605 g/mol. The summed E-state index contributed by atoms with van der Waals surface area (Å²) in [6, 6.07) is 23.3. The van der Waals surface area contributed by atoms with Crippen LogP contribution in [-0.4, -0.2) is 50.0 Å². The summed E-state index contributed by atoms with van der Waals surface area (Å²) in [5, 5.41) is 3.84. The molecule has 0 bridgehead atoms. The Morgan fingerprint density at radius 2 is 1.53 bits per heavy atom. The zero-order valence-electron chi connectivity index (χ0n) is 24.4. The number of halogens is 2. The molecule has 230 valence electrons. The van der Waals surface area contributed by atoms with Crippen LogP contribution in [0, 0.1) is 0 Å². The van der Waals surface area contributed by atoms with Gasteiger partial charge in [-0.3, -0.25) is 13.9 Å². The van der Waals surface area contributed by atoms with Gasteiger partial charge < -0.3 is 10.2 Å². The van der Waals surface area contributed by atoms with Crippen LogP contribution in [0.3, 0.4) is 0 Å². The molecule has 1 atom stereocenters. The minimum atomic E-state index is -3.71. The average molecular weight is 645 g/mol. The standard InChI is InChI=1S/C33H39Cl2N3O4S/c1-43(41,42)38(30-23-27(34)19-20-29(30)35)21-11-18-32(39)37(24-26-14-7-3-8-15-26)31(22-25-12-5-2-6-13-25)33(40)36-28-16-9-4-10-17-28/h2-3,5-8,12-15,19-20,23,28,31H,4,9-11,16-18,21-22,24H2,1H3,(H,36,40)/t31-/m0/s1. The summed E-state index contributed by atoms with van der Waals surface area (Å²) in [5.41, 5.74) is 2.12. The minimum absolute atomic E-state index is 0.0292. The summed E-state index contributed by atoms with van der Waals surface area (Å²) in [7, 11) is -3.71. The van der Waals surface area contributed by atoms with Crippen molar-refractivity contribution < 1.29 is 18.0 Å². The second-order valence-electron chi connectivity index (χ2n) is 11.1. The van der Waals surface area contributed by atoms with Gasteiger partial charge in [0.25, 0.3) is 0 Å². The predicted molar refractivity (Wildman–Crippen MR) is 174 cm³/mol. The highest BCUT2D eigenvalue weighted by atomic mass is 35.5. The van der Waals surface area contributed by atoms with Crippen molar-refractivity contribution in [2.75, 3.05) is 17.1 Å². The van der Waals surface area contributed by atoms with Crippen LogP contribution < -0.4 is 9.62 Å². The molecule has 0 aromatic heterocycles. The largest absolute Gasteiger partial charge is 0.352 e. The summed E-state index contributed by atoms with van der Waals surface area (Å²) in [4.78, 5) is 29.5. The first-order valence-corrected chi connectivity index (χ1v) is 17.3. The van der Waals surface area contributed by atoms with Crippen molar-refractivity contribution >= 4 is 50.7 Å². The molecule has 0 spiro atoms. The van der Waals surface area contributed by atoms with E-state index in [1.165, 1.54) is 16.8 Å². The molecule has 4 rings (SSSR count). The molecule has 43 heavy (non-hydrogen) atoms. The number of nitrogens with one attached hydrogen (secondary N) is 1. The number of nitrogens with zero attached hydrogens (tertiary/aromatic N) is 2. The highest BCUT2D eigenvalue weighted by Gasteiger charge is 2.32. The molecular formula is C33H39Cl2N3O4S. The Bertz CT molecular complexity index is 1470. The molecule has 3 aromatic rings. The van der Waals surface area contributed by atoms with Gasteiger partial charge in [-0.1, -0.05) is 103 Å². The highest BCUT2D eigenvalue weighted by molar-refractivity contribution is 7.92. The molecule has 10 heteroatoms. The fraction of sp³-hybridized carbons (Fsp3) is 0.394. The van der Waals surface area contributed by atoms with Crippen molar-refractivity contribution in [2.45, 2.75) is 70.0 Å². The Balaban J connectivity index is 1.58. The van der Waals surface area contributed by atoms with E-state index < -0.39 is 16.1 Å². The van der Waals surface area contributed by atoms with Gasteiger partial charge in [0.05, 0.1) is 17.0 Å². The number of hydrogen-bond acceptors (Lipinski definition) is 4. The summed E-state index contributed by atoms with van der Waals surface area (Å²) in [6.45, 7) is 0.284. The van der Waals surface area contributed by atoms with Crippen LogP contribution in [0.4, 0.5) is 5.69 Å². The molecule has 1 aliphatic rings. The van der Waals surface area contributed by atoms with Gasteiger partial charge in [0.2, 0.25) is 21.8 Å². The Morgan fingerprint density at radius 3 is 2.16 bits per heavy atom. The SMILES string of the molecule is CS(=O)(=O)N(CCCC(=O)N(Cc1ccccc1)[C@@H](Cc1ccccc1)C(=O)NC1CCCCC1)c1cc(Cl)ccc1Cl. The number of carbonyl (C=O) groups excluding carboxylic acids is 2. The van der Waals surface area contributed by atoms with E-state index >= 15 is 0 Å². The van der Waals surface area contributed by atoms with Crippen molar-refractivity contribution in [1.82, 2.24) is 10.2 Å². The summed E-state index contributed by atoms with van der Waals surface area (Å²) >= 11 is 12.5. The van der Waals surface area contributed by atoms with E-state index in [1.807, 2.05) is 60.7 Å². The summed E-state index contributed by atoms with van der Waals surface area (Å²) in [6.07, 6.45) is 6.92. The number of anilines is 1. The Kier molecular flexibility index (Phi) is 11.9. The van der Waals surface area contributed by atoms with E-state index in [0.29, 0.717) is 11.4 Å². The quantitative estimate of drug-likeness (QED) is 0.227. The maximum absolute atomic E-state index is 14.0. The molecule has 1 saturated carbocycles. The summed E-state index contributed by atoms with van der Waals surface area (Å²) in [5.74, 6) is -0.391. The van der Waals surface area contributed by atoms with Crippen molar-refractivity contribution in [2.24, 2.45) is 0 Å². The van der Waals surface area contributed by atoms with E-state index in [4.69, 9.17) is 23.2 Å². The third-order valence-corrected chi connectivity index (χ3v) is 9.48. The van der Waals surface area contributed by atoms with Crippen molar-refractivity contribution in [1.29, 1.82) is 0 Å². The van der Waals surface area contributed by atoms with Crippen LogP contribution in [-0.2, 0) is 32.6 Å². The first-order chi connectivity index (χ1) is 20.6.